The minimum atomic E-state index is -0.484. The third kappa shape index (κ3) is 1.89. The molecule has 88 valence electrons. The minimum Gasteiger partial charge on any atom is -0.307 e. The molecule has 0 spiro atoms. The Bertz CT molecular complexity index is 712. The third-order valence-corrected chi connectivity index (χ3v) is 2.51. The number of aromatic amines is 1. The highest BCUT2D eigenvalue weighted by molar-refractivity contribution is 5.86. The standard InChI is InChI=1S/C11H11N3O3/c1-6(15)5-8-9-7(3-4-12-8)13-11(17)14(2)10(9)16/h3-4H,5H2,1-2H3,(H,13,17). The molecular weight excluding hydrogens is 222 g/mol. The van der Waals surface area contributed by atoms with Gasteiger partial charge in [0.15, 0.2) is 0 Å². The number of H-pyrrole nitrogens is 1. The fourth-order valence-corrected chi connectivity index (χ4v) is 1.68. The molecule has 0 aliphatic heterocycles. The van der Waals surface area contributed by atoms with Gasteiger partial charge in [0.25, 0.3) is 5.56 Å². The Balaban J connectivity index is 2.89. The first-order valence-corrected chi connectivity index (χ1v) is 5.07. The summed E-state index contributed by atoms with van der Waals surface area (Å²) in [7, 11) is 1.38. The van der Waals surface area contributed by atoms with E-state index in [1.807, 2.05) is 0 Å². The Kier molecular flexibility index (Phi) is 2.63. The van der Waals surface area contributed by atoms with E-state index in [4.69, 9.17) is 0 Å². The molecule has 0 unspecified atom stereocenters. The lowest BCUT2D eigenvalue weighted by Gasteiger charge is -2.04. The highest BCUT2D eigenvalue weighted by atomic mass is 16.2. The van der Waals surface area contributed by atoms with Crippen LogP contribution in [0.5, 0.6) is 0 Å². The number of nitrogens with one attached hydrogen (secondary N) is 1. The van der Waals surface area contributed by atoms with Gasteiger partial charge in [-0.1, -0.05) is 0 Å². The lowest BCUT2D eigenvalue weighted by molar-refractivity contribution is -0.116. The zero-order valence-electron chi connectivity index (χ0n) is 9.48. The monoisotopic (exact) mass is 233 g/mol. The van der Waals surface area contributed by atoms with E-state index < -0.39 is 11.2 Å². The van der Waals surface area contributed by atoms with Crippen molar-refractivity contribution in [2.24, 2.45) is 7.05 Å². The topological polar surface area (TPSA) is 84.8 Å². The van der Waals surface area contributed by atoms with Gasteiger partial charge in [-0.3, -0.25) is 19.1 Å². The molecule has 0 bridgehead atoms. The van der Waals surface area contributed by atoms with Gasteiger partial charge >= 0.3 is 5.69 Å². The van der Waals surface area contributed by atoms with Crippen molar-refractivity contribution in [3.63, 3.8) is 0 Å². The van der Waals surface area contributed by atoms with Crippen molar-refractivity contribution in [1.29, 1.82) is 0 Å². The number of fused-ring (bicyclic) bond motifs is 1. The number of nitrogens with zero attached hydrogens (tertiary/aromatic N) is 2. The number of carbonyl (C=O) groups is 1. The summed E-state index contributed by atoms with van der Waals surface area (Å²) in [6.45, 7) is 1.43. The predicted octanol–water partition coefficient (Wildman–Crippen LogP) is -0.247. The van der Waals surface area contributed by atoms with Crippen LogP contribution in [0.3, 0.4) is 0 Å². The normalized spacial score (nSPS) is 10.7. The van der Waals surface area contributed by atoms with Crippen molar-refractivity contribution in [2.75, 3.05) is 0 Å². The molecule has 17 heavy (non-hydrogen) atoms. The maximum atomic E-state index is 11.9. The fraction of sp³-hybridized carbons (Fsp3) is 0.273. The molecule has 0 fully saturated rings. The van der Waals surface area contributed by atoms with Crippen LogP contribution in [0.25, 0.3) is 10.9 Å². The maximum absolute atomic E-state index is 11.9. The van der Waals surface area contributed by atoms with Crippen LogP contribution in [0.1, 0.15) is 12.6 Å². The van der Waals surface area contributed by atoms with Crippen molar-refractivity contribution in [1.82, 2.24) is 14.5 Å². The second-order valence-corrected chi connectivity index (χ2v) is 3.85. The summed E-state index contributed by atoms with van der Waals surface area (Å²) in [6.07, 6.45) is 1.55. The van der Waals surface area contributed by atoms with Gasteiger partial charge < -0.3 is 4.98 Å². The molecule has 0 atom stereocenters. The number of aromatic nitrogens is 3. The van der Waals surface area contributed by atoms with Crippen LogP contribution in [-0.4, -0.2) is 20.3 Å². The first-order chi connectivity index (χ1) is 8.00. The van der Waals surface area contributed by atoms with Crippen LogP contribution in [-0.2, 0) is 18.3 Å². The number of hydrogen-bond donors (Lipinski definition) is 1. The van der Waals surface area contributed by atoms with E-state index in [0.717, 1.165) is 4.57 Å². The molecule has 0 aromatic carbocycles. The van der Waals surface area contributed by atoms with Crippen LogP contribution in [0.4, 0.5) is 0 Å². The largest absolute Gasteiger partial charge is 0.328 e. The van der Waals surface area contributed by atoms with Gasteiger partial charge in [-0.05, 0) is 13.0 Å². The summed E-state index contributed by atoms with van der Waals surface area (Å²) in [5.74, 6) is -0.0850. The molecule has 2 heterocycles. The molecule has 2 rings (SSSR count). The summed E-state index contributed by atoms with van der Waals surface area (Å²) < 4.78 is 0.966. The molecule has 0 aliphatic carbocycles. The van der Waals surface area contributed by atoms with E-state index in [1.54, 1.807) is 6.07 Å². The molecule has 6 nitrogen and oxygen atoms in total. The number of Topliss-reactive ketones (excluding diaryl/α,β-unsaturated/α-hetero) is 1. The summed E-state index contributed by atoms with van der Waals surface area (Å²) in [6, 6.07) is 1.54. The second-order valence-electron chi connectivity index (χ2n) is 3.85. The van der Waals surface area contributed by atoms with Crippen LogP contribution in [0, 0.1) is 0 Å². The van der Waals surface area contributed by atoms with Crippen LogP contribution in [0.15, 0.2) is 21.9 Å². The smallest absolute Gasteiger partial charge is 0.307 e. The average Bonchev–Trinajstić information content (AvgIpc) is 2.25. The van der Waals surface area contributed by atoms with Gasteiger partial charge in [-0.2, -0.15) is 0 Å². The Hall–Kier alpha value is -2.24. The third-order valence-electron chi connectivity index (χ3n) is 2.51. The number of pyridine rings is 1. The Morgan fingerprint density at radius 2 is 2.18 bits per heavy atom. The molecule has 0 radical (unpaired) electrons. The van der Waals surface area contributed by atoms with E-state index in [2.05, 4.69) is 9.97 Å². The van der Waals surface area contributed by atoms with Crippen molar-refractivity contribution in [2.45, 2.75) is 13.3 Å². The highest BCUT2D eigenvalue weighted by Gasteiger charge is 2.11. The van der Waals surface area contributed by atoms with Crippen LogP contribution >= 0.6 is 0 Å². The van der Waals surface area contributed by atoms with E-state index in [9.17, 15) is 14.4 Å². The quantitative estimate of drug-likeness (QED) is 0.775. The van der Waals surface area contributed by atoms with E-state index in [1.165, 1.54) is 20.2 Å². The molecule has 0 amide bonds. The lowest BCUT2D eigenvalue weighted by atomic mass is 10.1. The first kappa shape index (κ1) is 11.3. The summed E-state index contributed by atoms with van der Waals surface area (Å²) >= 11 is 0. The number of hydrogen-bond acceptors (Lipinski definition) is 4. The van der Waals surface area contributed by atoms with E-state index in [0.29, 0.717) is 16.6 Å². The molecule has 0 aliphatic rings. The maximum Gasteiger partial charge on any atom is 0.328 e. The number of rotatable bonds is 2. The minimum absolute atomic E-state index is 0.0820. The number of ketones is 1. The molecule has 1 N–H and O–H groups in total. The van der Waals surface area contributed by atoms with Gasteiger partial charge in [-0.15, -0.1) is 0 Å². The molecule has 2 aromatic heterocycles. The number of carbonyl (C=O) groups excluding carboxylic acids is 1. The van der Waals surface area contributed by atoms with Gasteiger partial charge in [0, 0.05) is 19.7 Å². The van der Waals surface area contributed by atoms with Crippen molar-refractivity contribution >= 4 is 16.7 Å². The average molecular weight is 233 g/mol. The van der Waals surface area contributed by atoms with E-state index >= 15 is 0 Å². The Morgan fingerprint density at radius 3 is 2.82 bits per heavy atom. The van der Waals surface area contributed by atoms with E-state index in [-0.39, 0.29) is 12.2 Å². The Morgan fingerprint density at radius 1 is 1.47 bits per heavy atom. The Labute approximate surface area is 95.9 Å². The van der Waals surface area contributed by atoms with Crippen molar-refractivity contribution in [3.8, 4) is 0 Å². The molecule has 2 aromatic rings. The van der Waals surface area contributed by atoms with Crippen molar-refractivity contribution in [3.05, 3.63) is 38.8 Å². The zero-order chi connectivity index (χ0) is 12.6. The highest BCUT2D eigenvalue weighted by Crippen LogP contribution is 2.09. The van der Waals surface area contributed by atoms with Gasteiger partial charge in [-0.25, -0.2) is 4.79 Å². The molecule has 6 heteroatoms. The van der Waals surface area contributed by atoms with Gasteiger partial charge in [0.2, 0.25) is 0 Å². The molecule has 0 saturated carbocycles. The second kappa shape index (κ2) is 3.97. The zero-order valence-corrected chi connectivity index (χ0v) is 9.48. The van der Waals surface area contributed by atoms with Gasteiger partial charge in [0.1, 0.15) is 5.78 Å². The summed E-state index contributed by atoms with van der Waals surface area (Å²) in [5, 5.41) is 0.296. The first-order valence-electron chi connectivity index (χ1n) is 5.07. The van der Waals surface area contributed by atoms with Crippen LogP contribution in [0.2, 0.25) is 0 Å². The summed E-state index contributed by atoms with van der Waals surface area (Å²) in [4.78, 5) is 41.0. The molecule has 0 saturated heterocycles. The predicted molar refractivity (Wildman–Crippen MR) is 62.0 cm³/mol. The lowest BCUT2D eigenvalue weighted by Crippen LogP contribution is -2.33. The SMILES string of the molecule is CC(=O)Cc1nccc2[nH]c(=O)n(C)c(=O)c12. The van der Waals surface area contributed by atoms with Gasteiger partial charge in [0.05, 0.1) is 16.6 Å². The van der Waals surface area contributed by atoms with Crippen LogP contribution < -0.4 is 11.2 Å². The summed E-state index contributed by atoms with van der Waals surface area (Å²) in [5.41, 5.74) is -0.119. The van der Waals surface area contributed by atoms with Crippen molar-refractivity contribution < 1.29 is 4.79 Å². The fourth-order valence-electron chi connectivity index (χ4n) is 1.68. The molecular formula is C11H11N3O3.